The Morgan fingerprint density at radius 1 is 1.40 bits per heavy atom. The Balaban J connectivity index is 1.90. The summed E-state index contributed by atoms with van der Waals surface area (Å²) in [6.45, 7) is 4.98. The van der Waals surface area contributed by atoms with Gasteiger partial charge in [0.05, 0.1) is 19.3 Å². The van der Waals surface area contributed by atoms with Gasteiger partial charge >= 0.3 is 0 Å². The van der Waals surface area contributed by atoms with E-state index < -0.39 is 0 Å². The van der Waals surface area contributed by atoms with Crippen LogP contribution in [-0.4, -0.2) is 54.7 Å². The molecule has 0 saturated carbocycles. The molecule has 0 bridgehead atoms. The SMILES string of the molecule is CCN1CCCCC1C1OCC(CO)O1. The number of likely N-dealkylation sites (tertiary alicyclic amines) is 1. The molecule has 0 aromatic carbocycles. The molecule has 0 spiro atoms. The molecule has 2 saturated heterocycles. The zero-order chi connectivity index (χ0) is 10.7. The van der Waals surface area contributed by atoms with Crippen LogP contribution in [0.2, 0.25) is 0 Å². The van der Waals surface area contributed by atoms with Crippen molar-refractivity contribution >= 4 is 0 Å². The molecule has 0 aliphatic carbocycles. The van der Waals surface area contributed by atoms with Crippen molar-refractivity contribution < 1.29 is 14.6 Å². The van der Waals surface area contributed by atoms with Crippen LogP contribution in [0.1, 0.15) is 26.2 Å². The van der Waals surface area contributed by atoms with Gasteiger partial charge in [-0.3, -0.25) is 4.90 Å². The van der Waals surface area contributed by atoms with Crippen LogP contribution in [0.5, 0.6) is 0 Å². The van der Waals surface area contributed by atoms with E-state index in [9.17, 15) is 0 Å². The third-order valence-corrected chi connectivity index (χ3v) is 3.36. The first kappa shape index (κ1) is 11.3. The van der Waals surface area contributed by atoms with Crippen molar-refractivity contribution in [1.29, 1.82) is 0 Å². The van der Waals surface area contributed by atoms with E-state index in [2.05, 4.69) is 11.8 Å². The van der Waals surface area contributed by atoms with Crippen molar-refractivity contribution in [2.24, 2.45) is 0 Å². The standard InChI is InChI=1S/C11H21NO3/c1-2-12-6-4-3-5-10(12)11-14-8-9(7-13)15-11/h9-11,13H,2-8H2,1H3. The summed E-state index contributed by atoms with van der Waals surface area (Å²) < 4.78 is 11.3. The van der Waals surface area contributed by atoms with Gasteiger partial charge in [0.1, 0.15) is 6.10 Å². The summed E-state index contributed by atoms with van der Waals surface area (Å²) in [5.41, 5.74) is 0. The molecular weight excluding hydrogens is 194 g/mol. The lowest BCUT2D eigenvalue weighted by atomic mass is 10.0. The average Bonchev–Trinajstić information content (AvgIpc) is 2.77. The monoisotopic (exact) mass is 215 g/mol. The summed E-state index contributed by atoms with van der Waals surface area (Å²) in [5, 5.41) is 8.99. The first-order valence-electron chi connectivity index (χ1n) is 5.97. The van der Waals surface area contributed by atoms with E-state index >= 15 is 0 Å². The van der Waals surface area contributed by atoms with Gasteiger partial charge < -0.3 is 14.6 Å². The van der Waals surface area contributed by atoms with E-state index in [0.29, 0.717) is 12.6 Å². The summed E-state index contributed by atoms with van der Waals surface area (Å²) in [7, 11) is 0. The molecule has 1 N–H and O–H groups in total. The predicted octanol–water partition coefficient (Wildman–Crippen LogP) is 0.595. The molecule has 0 radical (unpaired) electrons. The molecule has 2 aliphatic heterocycles. The van der Waals surface area contributed by atoms with Crippen molar-refractivity contribution in [3.05, 3.63) is 0 Å². The molecule has 2 rings (SSSR count). The molecule has 2 fully saturated rings. The zero-order valence-electron chi connectivity index (χ0n) is 9.39. The second-order valence-corrected chi connectivity index (χ2v) is 4.33. The van der Waals surface area contributed by atoms with Crippen LogP contribution >= 0.6 is 0 Å². The quantitative estimate of drug-likeness (QED) is 0.748. The predicted molar refractivity (Wildman–Crippen MR) is 56.6 cm³/mol. The summed E-state index contributed by atoms with van der Waals surface area (Å²) in [6.07, 6.45) is 3.45. The molecule has 0 aromatic rings. The first-order valence-corrected chi connectivity index (χ1v) is 5.97. The number of rotatable bonds is 3. The van der Waals surface area contributed by atoms with Gasteiger partial charge in [-0.2, -0.15) is 0 Å². The Kier molecular flexibility index (Phi) is 3.97. The molecule has 3 unspecified atom stereocenters. The average molecular weight is 215 g/mol. The minimum atomic E-state index is -0.123. The fourth-order valence-electron chi connectivity index (χ4n) is 2.49. The highest BCUT2D eigenvalue weighted by Gasteiger charge is 2.36. The lowest BCUT2D eigenvalue weighted by Gasteiger charge is -2.37. The highest BCUT2D eigenvalue weighted by Crippen LogP contribution is 2.25. The number of likely N-dealkylation sites (N-methyl/N-ethyl adjacent to an activating group) is 1. The van der Waals surface area contributed by atoms with E-state index in [1.165, 1.54) is 12.8 Å². The van der Waals surface area contributed by atoms with Gasteiger partial charge in [0.15, 0.2) is 6.29 Å². The maximum absolute atomic E-state index is 8.99. The summed E-state index contributed by atoms with van der Waals surface area (Å²) in [5.74, 6) is 0. The number of hydrogen-bond acceptors (Lipinski definition) is 4. The van der Waals surface area contributed by atoms with Crippen LogP contribution in [0.15, 0.2) is 0 Å². The number of piperidine rings is 1. The van der Waals surface area contributed by atoms with E-state index in [0.717, 1.165) is 19.5 Å². The summed E-state index contributed by atoms with van der Waals surface area (Å²) in [4.78, 5) is 2.42. The van der Waals surface area contributed by atoms with Gasteiger partial charge in [-0.1, -0.05) is 13.3 Å². The van der Waals surface area contributed by atoms with Gasteiger partial charge in [0.2, 0.25) is 0 Å². The van der Waals surface area contributed by atoms with Gasteiger partial charge in [-0.05, 0) is 25.9 Å². The molecule has 88 valence electrons. The Hall–Kier alpha value is -0.160. The van der Waals surface area contributed by atoms with Crippen LogP contribution in [-0.2, 0) is 9.47 Å². The van der Waals surface area contributed by atoms with E-state index in [-0.39, 0.29) is 19.0 Å². The topological polar surface area (TPSA) is 41.9 Å². The Bertz CT molecular complexity index is 200. The number of nitrogens with zero attached hydrogens (tertiary/aromatic N) is 1. The maximum Gasteiger partial charge on any atom is 0.173 e. The molecule has 2 heterocycles. The van der Waals surface area contributed by atoms with Crippen molar-refractivity contribution in [1.82, 2.24) is 4.90 Å². The number of aliphatic hydroxyl groups excluding tert-OH is 1. The largest absolute Gasteiger partial charge is 0.394 e. The van der Waals surface area contributed by atoms with Gasteiger partial charge in [0.25, 0.3) is 0 Å². The maximum atomic E-state index is 8.99. The first-order chi connectivity index (χ1) is 7.35. The summed E-state index contributed by atoms with van der Waals surface area (Å²) in [6, 6.07) is 0.389. The number of hydrogen-bond donors (Lipinski definition) is 1. The smallest absolute Gasteiger partial charge is 0.173 e. The van der Waals surface area contributed by atoms with Crippen LogP contribution in [0.4, 0.5) is 0 Å². The Morgan fingerprint density at radius 2 is 2.27 bits per heavy atom. The molecule has 0 amide bonds. The number of aliphatic hydroxyl groups is 1. The van der Waals surface area contributed by atoms with E-state index in [4.69, 9.17) is 14.6 Å². The van der Waals surface area contributed by atoms with Gasteiger partial charge in [0, 0.05) is 0 Å². The molecule has 4 nitrogen and oxygen atoms in total. The Morgan fingerprint density at radius 3 is 2.93 bits per heavy atom. The lowest BCUT2D eigenvalue weighted by molar-refractivity contribution is -0.122. The second kappa shape index (κ2) is 5.25. The lowest BCUT2D eigenvalue weighted by Crippen LogP contribution is -2.47. The van der Waals surface area contributed by atoms with E-state index in [1.54, 1.807) is 0 Å². The van der Waals surface area contributed by atoms with Crippen LogP contribution in [0.25, 0.3) is 0 Å². The van der Waals surface area contributed by atoms with Crippen LogP contribution in [0, 0.1) is 0 Å². The zero-order valence-corrected chi connectivity index (χ0v) is 9.39. The minimum Gasteiger partial charge on any atom is -0.394 e. The van der Waals surface area contributed by atoms with Crippen molar-refractivity contribution in [2.45, 2.75) is 44.6 Å². The normalized spacial score (nSPS) is 38.4. The Labute approximate surface area is 91.2 Å². The van der Waals surface area contributed by atoms with Crippen molar-refractivity contribution in [2.75, 3.05) is 26.3 Å². The molecule has 4 heteroatoms. The third-order valence-electron chi connectivity index (χ3n) is 3.36. The summed E-state index contributed by atoms with van der Waals surface area (Å²) >= 11 is 0. The van der Waals surface area contributed by atoms with Crippen LogP contribution < -0.4 is 0 Å². The number of ether oxygens (including phenoxy) is 2. The highest BCUT2D eigenvalue weighted by molar-refractivity contribution is 4.82. The van der Waals surface area contributed by atoms with Gasteiger partial charge in [-0.25, -0.2) is 0 Å². The van der Waals surface area contributed by atoms with Crippen molar-refractivity contribution in [3.8, 4) is 0 Å². The van der Waals surface area contributed by atoms with Crippen molar-refractivity contribution in [3.63, 3.8) is 0 Å². The molecular formula is C11H21NO3. The van der Waals surface area contributed by atoms with E-state index in [1.807, 2.05) is 0 Å². The molecule has 2 aliphatic rings. The fourth-order valence-corrected chi connectivity index (χ4v) is 2.49. The molecule has 3 atom stereocenters. The molecule has 15 heavy (non-hydrogen) atoms. The second-order valence-electron chi connectivity index (χ2n) is 4.33. The minimum absolute atomic E-state index is 0.0648. The highest BCUT2D eigenvalue weighted by atomic mass is 16.7. The van der Waals surface area contributed by atoms with Gasteiger partial charge in [-0.15, -0.1) is 0 Å². The fraction of sp³-hybridized carbons (Fsp3) is 1.00. The molecule has 0 aromatic heterocycles. The third kappa shape index (κ3) is 2.50. The van der Waals surface area contributed by atoms with Crippen LogP contribution in [0.3, 0.4) is 0 Å².